The number of pyridine rings is 1. The Labute approximate surface area is 105 Å². The normalized spacial score (nSPS) is 11.4. The average Bonchev–Trinajstić information content (AvgIpc) is 2.56. The molecule has 0 saturated heterocycles. The van der Waals surface area contributed by atoms with Crippen molar-refractivity contribution in [3.63, 3.8) is 0 Å². The highest BCUT2D eigenvalue weighted by molar-refractivity contribution is 9.10. The van der Waals surface area contributed by atoms with Gasteiger partial charge in [-0.25, -0.2) is 14.2 Å². The summed E-state index contributed by atoms with van der Waals surface area (Å²) in [5, 5.41) is 9.18. The van der Waals surface area contributed by atoms with Gasteiger partial charge in [-0.1, -0.05) is 13.8 Å². The number of nitrogens with zero attached hydrogens (tertiary/aromatic N) is 2. The third-order valence-electron chi connectivity index (χ3n) is 2.42. The van der Waals surface area contributed by atoms with Crippen molar-refractivity contribution >= 4 is 27.5 Å². The van der Waals surface area contributed by atoms with Crippen LogP contribution in [0.15, 0.2) is 16.7 Å². The molecular formula is C11H10BrFN2O2. The van der Waals surface area contributed by atoms with Crippen LogP contribution >= 0.6 is 15.9 Å². The van der Waals surface area contributed by atoms with Crippen LogP contribution in [0.25, 0.3) is 5.65 Å². The van der Waals surface area contributed by atoms with Gasteiger partial charge in [-0.2, -0.15) is 0 Å². The van der Waals surface area contributed by atoms with Gasteiger partial charge >= 0.3 is 5.97 Å². The van der Waals surface area contributed by atoms with Crippen LogP contribution in [0.5, 0.6) is 0 Å². The van der Waals surface area contributed by atoms with Gasteiger partial charge in [-0.05, 0) is 27.9 Å². The molecule has 0 fully saturated rings. The summed E-state index contributed by atoms with van der Waals surface area (Å²) < 4.78 is 15.0. The van der Waals surface area contributed by atoms with E-state index < -0.39 is 11.8 Å². The number of carbonyl (C=O) groups is 1. The number of aromatic carboxylic acids is 1. The number of fused-ring (bicyclic) bond motifs is 1. The monoisotopic (exact) mass is 300 g/mol. The summed E-state index contributed by atoms with van der Waals surface area (Å²) in [6.07, 6.45) is 1.13. The SMILES string of the molecule is CC(C)c1nc2c(Br)cc(F)cn2c1C(=O)O. The highest BCUT2D eigenvalue weighted by atomic mass is 79.9. The molecule has 0 aliphatic heterocycles. The first-order chi connectivity index (χ1) is 7.91. The van der Waals surface area contributed by atoms with Crippen molar-refractivity contribution in [1.29, 1.82) is 0 Å². The van der Waals surface area contributed by atoms with Crippen LogP contribution < -0.4 is 0 Å². The van der Waals surface area contributed by atoms with Gasteiger partial charge in [-0.3, -0.25) is 4.40 Å². The molecule has 0 bridgehead atoms. The topological polar surface area (TPSA) is 54.6 Å². The minimum atomic E-state index is -1.11. The lowest BCUT2D eigenvalue weighted by Gasteiger charge is -2.02. The molecule has 0 spiro atoms. The Hall–Kier alpha value is -1.43. The van der Waals surface area contributed by atoms with E-state index in [4.69, 9.17) is 0 Å². The molecule has 4 nitrogen and oxygen atoms in total. The molecule has 0 unspecified atom stereocenters. The first kappa shape index (κ1) is 12.0. The lowest BCUT2D eigenvalue weighted by Crippen LogP contribution is -2.06. The maximum Gasteiger partial charge on any atom is 0.354 e. The fourth-order valence-corrected chi connectivity index (χ4v) is 2.20. The molecule has 90 valence electrons. The summed E-state index contributed by atoms with van der Waals surface area (Å²) in [5.74, 6) is -1.67. The van der Waals surface area contributed by atoms with Crippen LogP contribution in [0, 0.1) is 5.82 Å². The summed E-state index contributed by atoms with van der Waals surface area (Å²) in [6.45, 7) is 3.69. The number of rotatable bonds is 2. The number of aromatic nitrogens is 2. The van der Waals surface area contributed by atoms with Crippen molar-refractivity contribution in [3.8, 4) is 0 Å². The third-order valence-corrected chi connectivity index (χ3v) is 3.00. The molecule has 0 amide bonds. The van der Waals surface area contributed by atoms with E-state index in [0.717, 1.165) is 6.20 Å². The lowest BCUT2D eigenvalue weighted by molar-refractivity contribution is 0.0687. The molecule has 2 rings (SSSR count). The highest BCUT2D eigenvalue weighted by Gasteiger charge is 2.22. The van der Waals surface area contributed by atoms with E-state index in [9.17, 15) is 14.3 Å². The maximum atomic E-state index is 13.3. The standard InChI is InChI=1S/C11H10BrFN2O2/c1-5(2)8-9(11(16)17)15-4-6(13)3-7(12)10(15)14-8/h3-5H,1-2H3,(H,16,17). The number of carboxylic acids is 1. The van der Waals surface area contributed by atoms with Crippen LogP contribution in [0.4, 0.5) is 4.39 Å². The quantitative estimate of drug-likeness (QED) is 0.927. The second-order valence-corrected chi connectivity index (χ2v) is 4.86. The number of hydrogen-bond donors (Lipinski definition) is 1. The number of hydrogen-bond acceptors (Lipinski definition) is 2. The number of imidazole rings is 1. The zero-order valence-electron chi connectivity index (χ0n) is 9.24. The second kappa shape index (κ2) is 4.10. The Kier molecular flexibility index (Phi) is 2.91. The molecule has 0 aromatic carbocycles. The average molecular weight is 301 g/mol. The van der Waals surface area contributed by atoms with Crippen LogP contribution in [0.2, 0.25) is 0 Å². The Bertz CT molecular complexity index is 607. The summed E-state index contributed by atoms with van der Waals surface area (Å²) >= 11 is 3.18. The Morgan fingerprint density at radius 1 is 1.59 bits per heavy atom. The van der Waals surface area contributed by atoms with Gasteiger partial charge in [0.25, 0.3) is 0 Å². The van der Waals surface area contributed by atoms with Gasteiger partial charge in [0.1, 0.15) is 5.82 Å². The van der Waals surface area contributed by atoms with Crippen molar-refractivity contribution in [1.82, 2.24) is 9.38 Å². The Balaban J connectivity index is 2.90. The van der Waals surface area contributed by atoms with Crippen LogP contribution in [0.1, 0.15) is 35.9 Å². The van der Waals surface area contributed by atoms with Crippen LogP contribution in [-0.4, -0.2) is 20.5 Å². The van der Waals surface area contributed by atoms with E-state index in [-0.39, 0.29) is 11.6 Å². The molecule has 0 radical (unpaired) electrons. The van der Waals surface area contributed by atoms with Crippen molar-refractivity contribution in [2.45, 2.75) is 19.8 Å². The Morgan fingerprint density at radius 3 is 2.76 bits per heavy atom. The third kappa shape index (κ3) is 1.93. The molecule has 0 saturated carbocycles. The predicted molar refractivity (Wildman–Crippen MR) is 63.9 cm³/mol. The second-order valence-electron chi connectivity index (χ2n) is 4.01. The molecule has 0 aliphatic carbocycles. The van der Waals surface area contributed by atoms with Crippen molar-refractivity contribution in [2.75, 3.05) is 0 Å². The zero-order valence-corrected chi connectivity index (χ0v) is 10.8. The smallest absolute Gasteiger partial charge is 0.354 e. The fourth-order valence-electron chi connectivity index (χ4n) is 1.71. The molecular weight excluding hydrogens is 291 g/mol. The van der Waals surface area contributed by atoms with E-state index >= 15 is 0 Å². The minimum Gasteiger partial charge on any atom is -0.477 e. The number of halogens is 2. The van der Waals surface area contributed by atoms with Gasteiger partial charge in [0, 0.05) is 6.20 Å². The molecule has 17 heavy (non-hydrogen) atoms. The van der Waals surface area contributed by atoms with Gasteiger partial charge in [0.2, 0.25) is 0 Å². The van der Waals surface area contributed by atoms with E-state index in [1.807, 2.05) is 13.8 Å². The Morgan fingerprint density at radius 2 is 2.24 bits per heavy atom. The molecule has 1 N–H and O–H groups in total. The lowest BCUT2D eigenvalue weighted by atomic mass is 10.1. The molecule has 0 aliphatic rings. The number of carboxylic acid groups (broad SMARTS) is 1. The van der Waals surface area contributed by atoms with Crippen molar-refractivity contribution in [3.05, 3.63) is 33.9 Å². The summed E-state index contributed by atoms with van der Waals surface area (Å²) in [6, 6.07) is 1.26. The highest BCUT2D eigenvalue weighted by Crippen LogP contribution is 2.26. The fraction of sp³-hybridized carbons (Fsp3) is 0.273. The summed E-state index contributed by atoms with van der Waals surface area (Å²) in [7, 11) is 0. The molecule has 0 atom stereocenters. The van der Waals surface area contributed by atoms with Gasteiger partial charge in [0.05, 0.1) is 10.2 Å². The molecule has 2 aromatic heterocycles. The van der Waals surface area contributed by atoms with E-state index in [2.05, 4.69) is 20.9 Å². The largest absolute Gasteiger partial charge is 0.477 e. The maximum absolute atomic E-state index is 13.3. The van der Waals surface area contributed by atoms with Crippen LogP contribution in [-0.2, 0) is 0 Å². The molecule has 2 heterocycles. The van der Waals surface area contributed by atoms with Crippen molar-refractivity contribution < 1.29 is 14.3 Å². The summed E-state index contributed by atoms with van der Waals surface area (Å²) in [4.78, 5) is 15.5. The summed E-state index contributed by atoms with van der Waals surface area (Å²) in [5.41, 5.74) is 0.867. The van der Waals surface area contributed by atoms with Gasteiger partial charge < -0.3 is 5.11 Å². The van der Waals surface area contributed by atoms with Crippen LogP contribution in [0.3, 0.4) is 0 Å². The van der Waals surface area contributed by atoms with Crippen molar-refractivity contribution in [2.24, 2.45) is 0 Å². The van der Waals surface area contributed by atoms with Gasteiger partial charge in [-0.15, -0.1) is 0 Å². The van der Waals surface area contributed by atoms with E-state index in [1.54, 1.807) is 0 Å². The molecule has 2 aromatic rings. The predicted octanol–water partition coefficient (Wildman–Crippen LogP) is 3.06. The van der Waals surface area contributed by atoms with E-state index in [1.165, 1.54) is 10.5 Å². The first-order valence-corrected chi connectivity index (χ1v) is 5.81. The molecule has 6 heteroatoms. The minimum absolute atomic E-state index is 0.00944. The zero-order chi connectivity index (χ0) is 12.7. The van der Waals surface area contributed by atoms with E-state index in [0.29, 0.717) is 15.8 Å². The van der Waals surface area contributed by atoms with Gasteiger partial charge in [0.15, 0.2) is 11.3 Å². The first-order valence-electron chi connectivity index (χ1n) is 5.02.